The summed E-state index contributed by atoms with van der Waals surface area (Å²) in [5, 5.41) is 9.27. The van der Waals surface area contributed by atoms with Crippen LogP contribution in [0.25, 0.3) is 48.5 Å². The summed E-state index contributed by atoms with van der Waals surface area (Å²) >= 11 is 3.94. The molecule has 2 heterocycles. The number of benzene rings is 8. The maximum Gasteiger partial charge on any atom is 0.0546 e. The molecule has 0 fully saturated rings. The lowest BCUT2D eigenvalue weighted by molar-refractivity contribution is 0.746. The number of hydrogen-bond donors (Lipinski definition) is 0. The molecule has 0 saturated carbocycles. The molecule has 0 amide bonds. The average molecular weight is 793 g/mol. The smallest absolute Gasteiger partial charge is 0.0546 e. The Bertz CT molecular complexity index is 3210. The topological polar surface area (TPSA) is 6.48 Å². The first-order valence-electron chi connectivity index (χ1n) is 20.6. The molecular formula is C55H40N2S2. The normalized spacial score (nSPS) is 17.9. The molecule has 4 heteroatoms. The lowest BCUT2D eigenvalue weighted by Crippen LogP contribution is -2.20. The third-order valence-electron chi connectivity index (χ3n) is 12.5. The predicted octanol–water partition coefficient (Wildman–Crippen LogP) is 16.2. The van der Waals surface area contributed by atoms with E-state index in [-0.39, 0.29) is 0 Å². The lowest BCUT2D eigenvalue weighted by Gasteiger charge is -2.33. The highest BCUT2D eigenvalue weighted by molar-refractivity contribution is 8.00. The molecule has 0 radical (unpaired) electrons. The van der Waals surface area contributed by atoms with Crippen LogP contribution in [0.1, 0.15) is 41.2 Å². The van der Waals surface area contributed by atoms with Gasteiger partial charge in [0.05, 0.1) is 11.4 Å². The van der Waals surface area contributed by atoms with Gasteiger partial charge in [0.15, 0.2) is 0 Å². The maximum atomic E-state index is 2.55. The Morgan fingerprint density at radius 1 is 0.508 bits per heavy atom. The molecule has 1 aromatic heterocycles. The van der Waals surface area contributed by atoms with E-state index in [0.29, 0.717) is 17.1 Å². The van der Waals surface area contributed by atoms with Crippen LogP contribution in [-0.2, 0) is 0 Å². The number of nitrogens with zero attached hydrogens (tertiary/aromatic N) is 2. The second-order valence-corrected chi connectivity index (χ2v) is 18.3. The van der Waals surface area contributed by atoms with E-state index in [0.717, 1.165) is 12.1 Å². The van der Waals surface area contributed by atoms with Crippen LogP contribution in [0.2, 0.25) is 0 Å². The standard InChI is InChI=1S/C55H40N2S2/c1-35-30-39(32-49-45-25-13-15-27-53(45)59-55(35)49)57(37-18-6-3-7-19-37)51-34-47-40-20-8-10-22-42(40)50(33-46(47)41-21-9-11-23-43(41)51)56(36-16-4-2-5-17-36)38-28-29-54-48(31-38)44-24-12-14-26-52(44)58-54/h2-29,31-35,44,52H,30H2,1H3. The predicted molar refractivity (Wildman–Crippen MR) is 256 cm³/mol. The van der Waals surface area contributed by atoms with Gasteiger partial charge >= 0.3 is 0 Å². The Kier molecular flexibility index (Phi) is 8.18. The minimum absolute atomic E-state index is 0.383. The highest BCUT2D eigenvalue weighted by Gasteiger charge is 2.33. The van der Waals surface area contributed by atoms with Crippen LogP contribution in [0.15, 0.2) is 199 Å². The van der Waals surface area contributed by atoms with Gasteiger partial charge in [-0.1, -0.05) is 134 Å². The van der Waals surface area contributed by atoms with Gasteiger partial charge in [-0.2, -0.15) is 0 Å². The molecule has 59 heavy (non-hydrogen) atoms. The van der Waals surface area contributed by atoms with Gasteiger partial charge in [0.25, 0.3) is 0 Å². The van der Waals surface area contributed by atoms with Crippen molar-refractivity contribution in [1.82, 2.24) is 0 Å². The Hall–Kier alpha value is -6.33. The fourth-order valence-electron chi connectivity index (χ4n) is 9.88. The summed E-state index contributed by atoms with van der Waals surface area (Å²) in [6.45, 7) is 2.40. The first-order chi connectivity index (χ1) is 29.2. The average Bonchev–Trinajstić information content (AvgIpc) is 3.86. The number of thiophene rings is 1. The number of allylic oxidation sites excluding steroid dienone is 4. The SMILES string of the molecule is CC1CC(N(c2ccccc2)c2cc3c4ccccc4c(N(c4ccccc4)c4ccc5c(c4)C4C=CC=CC4S5)cc3c3ccccc23)=Cc2c1sc1ccccc21. The first-order valence-corrected chi connectivity index (χ1v) is 22.3. The molecule has 282 valence electrons. The molecule has 0 saturated heterocycles. The van der Waals surface area contributed by atoms with Crippen LogP contribution in [0.3, 0.4) is 0 Å². The van der Waals surface area contributed by atoms with E-state index in [1.165, 1.54) is 91.7 Å². The molecule has 2 aliphatic carbocycles. The van der Waals surface area contributed by atoms with Crippen LogP contribution >= 0.6 is 23.1 Å². The van der Waals surface area contributed by atoms with E-state index >= 15 is 0 Å². The Morgan fingerprint density at radius 2 is 1.08 bits per heavy atom. The third-order valence-corrected chi connectivity index (χ3v) is 15.3. The van der Waals surface area contributed by atoms with Crippen molar-refractivity contribution < 1.29 is 0 Å². The molecule has 0 N–H and O–H groups in total. The molecule has 2 nitrogen and oxygen atoms in total. The largest absolute Gasteiger partial charge is 0.314 e. The van der Waals surface area contributed by atoms with Crippen LogP contribution in [-0.4, -0.2) is 5.25 Å². The summed E-state index contributed by atoms with van der Waals surface area (Å²) in [5.74, 6) is 0.787. The van der Waals surface area contributed by atoms with Gasteiger partial charge in [-0.25, -0.2) is 0 Å². The zero-order valence-electron chi connectivity index (χ0n) is 32.6. The van der Waals surface area contributed by atoms with E-state index in [1.807, 2.05) is 23.1 Å². The summed E-state index contributed by atoms with van der Waals surface area (Å²) in [4.78, 5) is 7.90. The van der Waals surface area contributed by atoms with Gasteiger partial charge in [0.1, 0.15) is 0 Å². The van der Waals surface area contributed by atoms with Crippen molar-refractivity contribution >= 4 is 100 Å². The number of hydrogen-bond acceptors (Lipinski definition) is 4. The number of fused-ring (bicyclic) bond motifs is 11. The van der Waals surface area contributed by atoms with Crippen molar-refractivity contribution in [2.75, 3.05) is 9.80 Å². The van der Waals surface area contributed by atoms with Crippen LogP contribution in [0.4, 0.5) is 28.4 Å². The van der Waals surface area contributed by atoms with Crippen molar-refractivity contribution in [2.24, 2.45) is 0 Å². The number of anilines is 5. The van der Waals surface area contributed by atoms with Crippen LogP contribution < -0.4 is 9.80 Å². The van der Waals surface area contributed by atoms with Gasteiger partial charge < -0.3 is 9.80 Å². The van der Waals surface area contributed by atoms with Crippen molar-refractivity contribution in [1.29, 1.82) is 0 Å². The van der Waals surface area contributed by atoms with Crippen molar-refractivity contribution in [2.45, 2.75) is 35.3 Å². The van der Waals surface area contributed by atoms with Gasteiger partial charge in [0.2, 0.25) is 0 Å². The lowest BCUT2D eigenvalue weighted by atomic mass is 9.90. The highest BCUT2D eigenvalue weighted by atomic mass is 32.2. The molecule has 3 aliphatic rings. The second kappa shape index (κ2) is 13.9. The van der Waals surface area contributed by atoms with E-state index in [4.69, 9.17) is 0 Å². The molecular weight excluding hydrogens is 753 g/mol. The first kappa shape index (κ1) is 34.7. The molecule has 9 aromatic rings. The Morgan fingerprint density at radius 3 is 1.78 bits per heavy atom. The molecule has 0 bridgehead atoms. The molecule has 3 unspecified atom stereocenters. The molecule has 8 aromatic carbocycles. The second-order valence-electron chi connectivity index (χ2n) is 16.0. The van der Waals surface area contributed by atoms with E-state index in [2.05, 4.69) is 211 Å². The molecule has 1 aliphatic heterocycles. The highest BCUT2D eigenvalue weighted by Crippen LogP contribution is 2.53. The number of thioether (sulfide) groups is 1. The van der Waals surface area contributed by atoms with Crippen LogP contribution in [0, 0.1) is 0 Å². The number of rotatable bonds is 6. The van der Waals surface area contributed by atoms with E-state index in [1.54, 1.807) is 0 Å². The maximum absolute atomic E-state index is 2.55. The van der Waals surface area contributed by atoms with Gasteiger partial charge in [-0.3, -0.25) is 0 Å². The monoisotopic (exact) mass is 792 g/mol. The summed E-state index contributed by atoms with van der Waals surface area (Å²) in [6, 6.07) is 60.9. The summed E-state index contributed by atoms with van der Waals surface area (Å²) in [6.07, 6.45) is 12.6. The number of para-hydroxylation sites is 2. The van der Waals surface area contributed by atoms with E-state index in [9.17, 15) is 0 Å². The molecule has 0 spiro atoms. The summed E-state index contributed by atoms with van der Waals surface area (Å²) in [5.41, 5.74) is 9.99. The van der Waals surface area contributed by atoms with Gasteiger partial charge in [-0.15, -0.1) is 23.1 Å². The van der Waals surface area contributed by atoms with Crippen molar-refractivity contribution in [3.63, 3.8) is 0 Å². The summed E-state index contributed by atoms with van der Waals surface area (Å²) in [7, 11) is 0. The zero-order chi connectivity index (χ0) is 39.0. The zero-order valence-corrected chi connectivity index (χ0v) is 34.3. The molecule has 12 rings (SSSR count). The quantitative estimate of drug-likeness (QED) is 0.155. The van der Waals surface area contributed by atoms with Gasteiger partial charge in [-0.05, 0) is 112 Å². The molecule has 3 atom stereocenters. The van der Waals surface area contributed by atoms with Crippen LogP contribution in [0.5, 0.6) is 0 Å². The minimum atomic E-state index is 0.383. The third kappa shape index (κ3) is 5.62. The minimum Gasteiger partial charge on any atom is -0.314 e. The Balaban J connectivity index is 1.11. The Labute approximate surface area is 353 Å². The van der Waals surface area contributed by atoms with Crippen molar-refractivity contribution in [3.05, 3.63) is 210 Å². The fraction of sp³-hybridized carbons (Fsp3) is 0.0909. The van der Waals surface area contributed by atoms with Gasteiger partial charge in [0, 0.05) is 64.6 Å². The summed E-state index contributed by atoms with van der Waals surface area (Å²) < 4.78 is 1.36. The van der Waals surface area contributed by atoms with E-state index < -0.39 is 0 Å². The van der Waals surface area contributed by atoms with Crippen molar-refractivity contribution in [3.8, 4) is 0 Å². The fourth-order valence-corrected chi connectivity index (χ4v) is 12.4.